The average Bonchev–Trinajstić information content (AvgIpc) is 2.19. The van der Waals surface area contributed by atoms with E-state index in [4.69, 9.17) is 5.73 Å². The fourth-order valence-electron chi connectivity index (χ4n) is 1.59. The summed E-state index contributed by atoms with van der Waals surface area (Å²) in [6.07, 6.45) is 3.94. The Morgan fingerprint density at radius 3 is 2.67 bits per heavy atom. The second kappa shape index (κ2) is 8.25. The predicted octanol–water partition coefficient (Wildman–Crippen LogP) is 1.55. The molecule has 0 aromatic carbocycles. The number of carbonyl (C=O) groups is 1. The maximum Gasteiger partial charge on any atom is 0.237 e. The Balaban J connectivity index is 0.00000196. The van der Waals surface area contributed by atoms with Gasteiger partial charge >= 0.3 is 0 Å². The van der Waals surface area contributed by atoms with Crippen LogP contribution in [0.5, 0.6) is 0 Å². The normalized spacial score (nSPS) is 19.1. The molecule has 0 saturated carbocycles. The van der Waals surface area contributed by atoms with E-state index in [0.717, 1.165) is 37.2 Å². The van der Waals surface area contributed by atoms with Gasteiger partial charge in [0.05, 0.1) is 6.04 Å². The Labute approximate surface area is 102 Å². The second-order valence-electron chi connectivity index (χ2n) is 3.79. The minimum absolute atomic E-state index is 0. The Hall–Kier alpha value is 0.0700. The van der Waals surface area contributed by atoms with E-state index in [1.165, 1.54) is 0 Å². The van der Waals surface area contributed by atoms with Crippen LogP contribution in [0.1, 0.15) is 32.6 Å². The summed E-state index contributed by atoms with van der Waals surface area (Å²) in [5.74, 6) is 2.35. The third kappa shape index (κ3) is 5.64. The van der Waals surface area contributed by atoms with Crippen LogP contribution in [0.3, 0.4) is 0 Å². The van der Waals surface area contributed by atoms with Gasteiger partial charge in [0.1, 0.15) is 0 Å². The van der Waals surface area contributed by atoms with Gasteiger partial charge in [-0.2, -0.15) is 11.8 Å². The molecule has 1 rings (SSSR count). The highest BCUT2D eigenvalue weighted by atomic mass is 35.5. The van der Waals surface area contributed by atoms with E-state index in [9.17, 15) is 4.79 Å². The van der Waals surface area contributed by atoms with Gasteiger partial charge in [0.2, 0.25) is 5.91 Å². The molecule has 3 N–H and O–H groups in total. The molecule has 0 spiro atoms. The third-order valence-corrected chi connectivity index (χ3v) is 3.55. The van der Waals surface area contributed by atoms with Gasteiger partial charge < -0.3 is 11.1 Å². The third-order valence-electron chi connectivity index (χ3n) is 2.50. The van der Waals surface area contributed by atoms with E-state index in [2.05, 4.69) is 5.32 Å². The number of thioether (sulfide) groups is 1. The SMILES string of the molecule is CCCC(N)C(=O)NC1CCSCC1.Cl. The fraction of sp³-hybridized carbons (Fsp3) is 0.900. The minimum atomic E-state index is -0.311. The lowest BCUT2D eigenvalue weighted by Crippen LogP contribution is -2.46. The van der Waals surface area contributed by atoms with Crippen LogP contribution in [0.15, 0.2) is 0 Å². The summed E-state index contributed by atoms with van der Waals surface area (Å²) in [7, 11) is 0. The molecule has 1 fully saturated rings. The Morgan fingerprint density at radius 2 is 2.13 bits per heavy atom. The molecule has 0 aromatic heterocycles. The number of amides is 1. The van der Waals surface area contributed by atoms with Gasteiger partial charge in [-0.15, -0.1) is 12.4 Å². The maximum atomic E-state index is 11.6. The molecule has 1 aliphatic heterocycles. The number of hydrogen-bond donors (Lipinski definition) is 2. The number of carbonyl (C=O) groups excluding carboxylic acids is 1. The lowest BCUT2D eigenvalue weighted by Gasteiger charge is -2.24. The molecule has 3 nitrogen and oxygen atoms in total. The zero-order valence-electron chi connectivity index (χ0n) is 9.20. The summed E-state index contributed by atoms with van der Waals surface area (Å²) in [6.45, 7) is 2.05. The smallest absolute Gasteiger partial charge is 0.237 e. The predicted molar refractivity (Wildman–Crippen MR) is 68.6 cm³/mol. The molecule has 15 heavy (non-hydrogen) atoms. The summed E-state index contributed by atoms with van der Waals surface area (Å²) in [6, 6.07) is 0.0567. The van der Waals surface area contributed by atoms with E-state index in [1.54, 1.807) is 0 Å². The van der Waals surface area contributed by atoms with Gasteiger partial charge in [-0.05, 0) is 30.8 Å². The van der Waals surface area contributed by atoms with Crippen molar-refractivity contribution in [1.29, 1.82) is 0 Å². The molecule has 0 bridgehead atoms. The lowest BCUT2D eigenvalue weighted by atomic mass is 10.1. The number of halogens is 1. The highest BCUT2D eigenvalue weighted by Crippen LogP contribution is 2.16. The molecule has 1 amide bonds. The molecule has 0 aliphatic carbocycles. The van der Waals surface area contributed by atoms with Crippen molar-refractivity contribution >= 4 is 30.1 Å². The molecule has 1 unspecified atom stereocenters. The van der Waals surface area contributed by atoms with Crippen molar-refractivity contribution in [2.45, 2.75) is 44.7 Å². The maximum absolute atomic E-state index is 11.6. The summed E-state index contributed by atoms with van der Waals surface area (Å²) in [4.78, 5) is 11.6. The first-order chi connectivity index (χ1) is 6.74. The van der Waals surface area contributed by atoms with Crippen molar-refractivity contribution in [1.82, 2.24) is 5.32 Å². The van der Waals surface area contributed by atoms with Crippen LogP contribution in [0.2, 0.25) is 0 Å². The van der Waals surface area contributed by atoms with Crippen molar-refractivity contribution in [3.63, 3.8) is 0 Å². The molecule has 1 aliphatic rings. The van der Waals surface area contributed by atoms with Crippen LogP contribution in [0, 0.1) is 0 Å². The molecule has 0 aromatic rings. The highest BCUT2D eigenvalue weighted by molar-refractivity contribution is 7.99. The number of nitrogens with two attached hydrogens (primary N) is 1. The summed E-state index contributed by atoms with van der Waals surface area (Å²) >= 11 is 1.96. The van der Waals surface area contributed by atoms with Crippen molar-refractivity contribution in [2.75, 3.05) is 11.5 Å². The first kappa shape index (κ1) is 15.1. The van der Waals surface area contributed by atoms with Crippen LogP contribution in [0.4, 0.5) is 0 Å². The van der Waals surface area contributed by atoms with Crippen molar-refractivity contribution in [2.24, 2.45) is 5.73 Å². The summed E-state index contributed by atoms with van der Waals surface area (Å²) in [5, 5.41) is 3.03. The molecule has 0 radical (unpaired) electrons. The van der Waals surface area contributed by atoms with E-state index >= 15 is 0 Å². The first-order valence-electron chi connectivity index (χ1n) is 5.37. The van der Waals surface area contributed by atoms with Crippen LogP contribution in [-0.2, 0) is 4.79 Å². The molecule has 1 heterocycles. The average molecular weight is 253 g/mol. The van der Waals surface area contributed by atoms with Crippen molar-refractivity contribution < 1.29 is 4.79 Å². The highest BCUT2D eigenvalue weighted by Gasteiger charge is 2.19. The van der Waals surface area contributed by atoms with Gasteiger partial charge in [0, 0.05) is 6.04 Å². The number of rotatable bonds is 4. The molecule has 90 valence electrons. The standard InChI is InChI=1S/C10H20N2OS.ClH/c1-2-3-9(11)10(13)12-8-4-6-14-7-5-8;/h8-9H,2-7,11H2,1H3,(H,12,13);1H. The topological polar surface area (TPSA) is 55.1 Å². The van der Waals surface area contributed by atoms with Crippen LogP contribution in [-0.4, -0.2) is 29.5 Å². The van der Waals surface area contributed by atoms with Crippen LogP contribution < -0.4 is 11.1 Å². The summed E-state index contributed by atoms with van der Waals surface area (Å²) in [5.41, 5.74) is 5.73. The van der Waals surface area contributed by atoms with Crippen LogP contribution in [0.25, 0.3) is 0 Å². The lowest BCUT2D eigenvalue weighted by molar-refractivity contribution is -0.123. The molecular formula is C10H21ClN2OS. The van der Waals surface area contributed by atoms with Crippen molar-refractivity contribution in [3.8, 4) is 0 Å². The zero-order chi connectivity index (χ0) is 10.4. The largest absolute Gasteiger partial charge is 0.352 e. The summed E-state index contributed by atoms with van der Waals surface area (Å²) < 4.78 is 0. The molecule has 1 atom stereocenters. The first-order valence-corrected chi connectivity index (χ1v) is 6.53. The Morgan fingerprint density at radius 1 is 1.53 bits per heavy atom. The monoisotopic (exact) mass is 252 g/mol. The zero-order valence-corrected chi connectivity index (χ0v) is 10.8. The number of hydrogen-bond acceptors (Lipinski definition) is 3. The van der Waals surface area contributed by atoms with E-state index in [1.807, 2.05) is 18.7 Å². The van der Waals surface area contributed by atoms with E-state index < -0.39 is 0 Å². The van der Waals surface area contributed by atoms with Gasteiger partial charge in [0.25, 0.3) is 0 Å². The molecule has 1 saturated heterocycles. The minimum Gasteiger partial charge on any atom is -0.352 e. The fourth-order valence-corrected chi connectivity index (χ4v) is 2.70. The van der Waals surface area contributed by atoms with Gasteiger partial charge in [0.15, 0.2) is 0 Å². The van der Waals surface area contributed by atoms with E-state index in [0.29, 0.717) is 6.04 Å². The molecule has 5 heteroatoms. The van der Waals surface area contributed by atoms with Crippen LogP contribution >= 0.6 is 24.2 Å². The Bertz CT molecular complexity index is 186. The van der Waals surface area contributed by atoms with Gasteiger partial charge in [-0.1, -0.05) is 13.3 Å². The number of nitrogens with one attached hydrogen (secondary N) is 1. The van der Waals surface area contributed by atoms with Crippen molar-refractivity contribution in [3.05, 3.63) is 0 Å². The van der Waals surface area contributed by atoms with E-state index in [-0.39, 0.29) is 24.4 Å². The quantitative estimate of drug-likeness (QED) is 0.798. The van der Waals surface area contributed by atoms with Gasteiger partial charge in [-0.25, -0.2) is 0 Å². The molecular weight excluding hydrogens is 232 g/mol. The van der Waals surface area contributed by atoms with Gasteiger partial charge in [-0.3, -0.25) is 4.79 Å². The second-order valence-corrected chi connectivity index (χ2v) is 5.02. The Kier molecular flexibility index (Phi) is 8.29.